The number of carbonyl (C=O) groups excluding carboxylic acids is 2. The molecule has 3 rings (SSSR count). The van der Waals surface area contributed by atoms with Crippen LogP contribution in [0, 0.1) is 5.92 Å². The smallest absolute Gasteiger partial charge is 0.344 e. The highest BCUT2D eigenvalue weighted by Gasteiger charge is 2.29. The maximum atomic E-state index is 13.0. The Labute approximate surface area is 165 Å². The summed E-state index contributed by atoms with van der Waals surface area (Å²) in [5.74, 6) is -0.0517. The fourth-order valence-corrected chi connectivity index (χ4v) is 2.97. The number of ketones is 1. The quantitative estimate of drug-likeness (QED) is 0.494. The summed E-state index contributed by atoms with van der Waals surface area (Å²) in [5.41, 5.74) is 0.382. The van der Waals surface area contributed by atoms with Crippen LogP contribution in [0.3, 0.4) is 0 Å². The van der Waals surface area contributed by atoms with Gasteiger partial charge >= 0.3 is 5.97 Å². The van der Waals surface area contributed by atoms with E-state index in [-0.39, 0.29) is 19.0 Å². The monoisotopic (exact) mass is 431 g/mol. The number of hydrazone groups is 1. The van der Waals surface area contributed by atoms with Crippen molar-refractivity contribution < 1.29 is 19.1 Å². The Bertz CT molecular complexity index is 857. The summed E-state index contributed by atoms with van der Waals surface area (Å²) >= 11 is 3.37. The molecular weight excluding hydrogens is 414 g/mol. The van der Waals surface area contributed by atoms with Crippen LogP contribution in [0.1, 0.15) is 17.3 Å². The molecule has 0 N–H and O–H groups in total. The summed E-state index contributed by atoms with van der Waals surface area (Å²) in [6.07, 6.45) is 3.28. The van der Waals surface area contributed by atoms with Crippen molar-refractivity contribution in [1.29, 1.82) is 0 Å². The molecule has 27 heavy (non-hydrogen) atoms. The Morgan fingerprint density at radius 3 is 2.89 bits per heavy atom. The molecule has 1 aromatic heterocycles. The van der Waals surface area contributed by atoms with E-state index in [1.165, 1.54) is 0 Å². The lowest BCUT2D eigenvalue weighted by Gasteiger charge is -2.16. The van der Waals surface area contributed by atoms with E-state index < -0.39 is 11.9 Å². The first-order valence-electron chi connectivity index (χ1n) is 8.43. The largest absolute Gasteiger partial charge is 0.481 e. The molecule has 8 heteroatoms. The van der Waals surface area contributed by atoms with Gasteiger partial charge in [0.05, 0.1) is 24.6 Å². The van der Waals surface area contributed by atoms with E-state index in [0.29, 0.717) is 23.7 Å². The Kier molecular flexibility index (Phi) is 6.18. The van der Waals surface area contributed by atoms with Gasteiger partial charge in [-0.25, -0.2) is 14.8 Å². The van der Waals surface area contributed by atoms with Crippen molar-refractivity contribution in [1.82, 2.24) is 4.98 Å². The highest BCUT2D eigenvalue weighted by Crippen LogP contribution is 2.28. The second kappa shape index (κ2) is 8.77. The first-order chi connectivity index (χ1) is 13.1. The number of halogens is 1. The topological polar surface area (TPSA) is 81.1 Å². The van der Waals surface area contributed by atoms with E-state index in [1.807, 2.05) is 18.2 Å². The molecule has 0 aliphatic carbocycles. The third-order valence-corrected chi connectivity index (χ3v) is 4.36. The summed E-state index contributed by atoms with van der Waals surface area (Å²) in [5, 5.41) is 5.96. The molecular formula is C19H18BrN3O4. The highest BCUT2D eigenvalue weighted by molar-refractivity contribution is 9.10. The predicted molar refractivity (Wildman–Crippen MR) is 104 cm³/mol. The summed E-state index contributed by atoms with van der Waals surface area (Å²) in [6.45, 7) is 2.13. The molecule has 0 fully saturated rings. The second-order valence-electron chi connectivity index (χ2n) is 5.74. The summed E-state index contributed by atoms with van der Waals surface area (Å²) in [7, 11) is 0. The van der Waals surface area contributed by atoms with Crippen LogP contribution in [-0.4, -0.2) is 42.7 Å². The van der Waals surface area contributed by atoms with Crippen LogP contribution in [0.5, 0.6) is 5.75 Å². The molecule has 1 atom stereocenters. The van der Waals surface area contributed by atoms with Crippen molar-refractivity contribution in [3.63, 3.8) is 0 Å². The Morgan fingerprint density at radius 2 is 2.15 bits per heavy atom. The van der Waals surface area contributed by atoms with Crippen LogP contribution in [0.15, 0.2) is 52.2 Å². The van der Waals surface area contributed by atoms with E-state index in [1.54, 1.807) is 42.5 Å². The molecule has 2 aromatic rings. The molecule has 0 bridgehead atoms. The first-order valence-corrected chi connectivity index (χ1v) is 9.22. The zero-order valence-corrected chi connectivity index (χ0v) is 16.3. The maximum Gasteiger partial charge on any atom is 0.344 e. The SMILES string of the molecule is CCOC(=O)COc1ccc(Br)cc1C(=O)C1C=NN(c2ccccn2)C1. The van der Waals surface area contributed by atoms with Gasteiger partial charge < -0.3 is 9.47 Å². The maximum absolute atomic E-state index is 13.0. The zero-order chi connectivity index (χ0) is 19.2. The molecule has 0 radical (unpaired) electrons. The number of anilines is 1. The van der Waals surface area contributed by atoms with E-state index in [9.17, 15) is 9.59 Å². The number of hydrogen-bond acceptors (Lipinski definition) is 7. The molecule has 1 aliphatic rings. The van der Waals surface area contributed by atoms with E-state index in [4.69, 9.17) is 9.47 Å². The molecule has 7 nitrogen and oxygen atoms in total. The molecule has 1 aromatic carbocycles. The average Bonchev–Trinajstić information content (AvgIpc) is 3.17. The van der Waals surface area contributed by atoms with Crippen molar-refractivity contribution >= 4 is 39.7 Å². The predicted octanol–water partition coefficient (Wildman–Crippen LogP) is 3.09. The molecule has 0 saturated heterocycles. The van der Waals surface area contributed by atoms with Crippen LogP contribution in [0.25, 0.3) is 0 Å². The number of ether oxygens (including phenoxy) is 2. The third-order valence-electron chi connectivity index (χ3n) is 3.86. The Balaban J connectivity index is 1.74. The normalized spacial score (nSPS) is 15.6. The van der Waals surface area contributed by atoms with Crippen molar-refractivity contribution in [3.8, 4) is 5.75 Å². The number of hydrogen-bond donors (Lipinski definition) is 0. The number of pyridine rings is 1. The van der Waals surface area contributed by atoms with Gasteiger partial charge in [-0.05, 0) is 37.3 Å². The number of nitrogens with zero attached hydrogens (tertiary/aromatic N) is 3. The number of esters is 1. The molecule has 0 amide bonds. The minimum atomic E-state index is -0.484. The minimum Gasteiger partial charge on any atom is -0.481 e. The molecule has 1 unspecified atom stereocenters. The molecule has 1 aliphatic heterocycles. The van der Waals surface area contributed by atoms with Crippen molar-refractivity contribution in [3.05, 3.63) is 52.6 Å². The van der Waals surface area contributed by atoms with Gasteiger partial charge in [0, 0.05) is 16.9 Å². The molecule has 0 spiro atoms. The summed E-state index contributed by atoms with van der Waals surface area (Å²) in [4.78, 5) is 28.8. The average molecular weight is 432 g/mol. The van der Waals surface area contributed by atoms with Gasteiger partial charge in [0.25, 0.3) is 0 Å². The van der Waals surface area contributed by atoms with E-state index in [0.717, 1.165) is 4.47 Å². The van der Waals surface area contributed by atoms with Gasteiger partial charge in [0.1, 0.15) is 11.6 Å². The fourth-order valence-electron chi connectivity index (χ4n) is 2.61. The Morgan fingerprint density at radius 1 is 1.30 bits per heavy atom. The fraction of sp³-hybridized carbons (Fsp3) is 0.263. The van der Waals surface area contributed by atoms with Crippen molar-refractivity contribution in [2.75, 3.05) is 24.8 Å². The highest BCUT2D eigenvalue weighted by atomic mass is 79.9. The lowest BCUT2D eigenvalue weighted by Crippen LogP contribution is -2.25. The first kappa shape index (κ1) is 19.0. The minimum absolute atomic E-state index is 0.141. The Hall–Kier alpha value is -2.74. The number of aromatic nitrogens is 1. The van der Waals surface area contributed by atoms with Gasteiger partial charge in [-0.15, -0.1) is 0 Å². The number of benzene rings is 1. The third kappa shape index (κ3) is 4.71. The lowest BCUT2D eigenvalue weighted by atomic mass is 9.98. The van der Waals surface area contributed by atoms with Gasteiger partial charge in [-0.2, -0.15) is 5.10 Å². The van der Waals surface area contributed by atoms with Gasteiger partial charge in [-0.1, -0.05) is 22.0 Å². The molecule has 140 valence electrons. The second-order valence-corrected chi connectivity index (χ2v) is 6.66. The van der Waals surface area contributed by atoms with Crippen molar-refractivity contribution in [2.45, 2.75) is 6.92 Å². The van der Waals surface area contributed by atoms with Gasteiger partial charge in [0.15, 0.2) is 12.4 Å². The van der Waals surface area contributed by atoms with Crippen LogP contribution < -0.4 is 9.75 Å². The summed E-state index contributed by atoms with van der Waals surface area (Å²) < 4.78 is 11.1. The van der Waals surface area contributed by atoms with E-state index >= 15 is 0 Å². The zero-order valence-electron chi connectivity index (χ0n) is 14.7. The molecule has 0 saturated carbocycles. The standard InChI is InChI=1S/C19H18BrN3O4/c1-2-26-18(24)12-27-16-7-6-14(20)9-15(16)19(25)13-10-22-23(11-13)17-5-3-4-8-21-17/h3-10,13H,2,11-12H2,1H3. The van der Waals surface area contributed by atoms with Gasteiger partial charge in [0.2, 0.25) is 0 Å². The van der Waals surface area contributed by atoms with Crippen molar-refractivity contribution in [2.24, 2.45) is 11.0 Å². The molecule has 2 heterocycles. The van der Waals surface area contributed by atoms with Crippen LogP contribution in [0.4, 0.5) is 5.82 Å². The number of rotatable bonds is 7. The van der Waals surface area contributed by atoms with Crippen LogP contribution in [-0.2, 0) is 9.53 Å². The van der Waals surface area contributed by atoms with Crippen LogP contribution >= 0.6 is 15.9 Å². The lowest BCUT2D eigenvalue weighted by molar-refractivity contribution is -0.145. The number of carbonyl (C=O) groups is 2. The number of Topliss-reactive ketones (excluding diaryl/α,β-unsaturated/α-hetero) is 1. The van der Waals surface area contributed by atoms with E-state index in [2.05, 4.69) is 26.0 Å². The summed E-state index contributed by atoms with van der Waals surface area (Å²) in [6, 6.07) is 10.6. The van der Waals surface area contributed by atoms with Gasteiger partial charge in [-0.3, -0.25) is 4.79 Å². The van der Waals surface area contributed by atoms with Crippen LogP contribution in [0.2, 0.25) is 0 Å².